The summed E-state index contributed by atoms with van der Waals surface area (Å²) in [4.78, 5) is 4.16. The van der Waals surface area contributed by atoms with Gasteiger partial charge in [0.25, 0.3) is 0 Å². The predicted molar refractivity (Wildman–Crippen MR) is 63.1 cm³/mol. The number of hydrogen-bond donors (Lipinski definition) is 1. The van der Waals surface area contributed by atoms with E-state index in [9.17, 15) is 0 Å². The largest absolute Gasteiger partial charge is 0.374 e. The fraction of sp³-hybridized carbons (Fsp3) is 0.125. The summed E-state index contributed by atoms with van der Waals surface area (Å²) in [6.07, 6.45) is 1.62. The molecule has 0 fully saturated rings. The third kappa shape index (κ3) is 3.05. The molecule has 0 amide bonds. The van der Waals surface area contributed by atoms with Crippen LogP contribution in [0.25, 0.3) is 0 Å². The Kier molecular flexibility index (Phi) is 3.40. The van der Waals surface area contributed by atoms with E-state index in [-0.39, 0.29) is 0 Å². The molecular weight excluding hydrogens is 252 g/mol. The molecular formula is C8H7ClN4S2. The minimum absolute atomic E-state index is 0.495. The van der Waals surface area contributed by atoms with E-state index in [1.54, 1.807) is 18.0 Å². The number of thioether (sulfide) groups is 1. The molecule has 4 nitrogen and oxygen atoms in total. The molecule has 0 aliphatic carbocycles. The maximum Gasteiger partial charge on any atom is 0.203 e. The fourth-order valence-corrected chi connectivity index (χ4v) is 2.46. The highest BCUT2D eigenvalue weighted by atomic mass is 35.5. The van der Waals surface area contributed by atoms with Crippen molar-refractivity contribution in [3.63, 3.8) is 0 Å². The van der Waals surface area contributed by atoms with Gasteiger partial charge in [0.1, 0.15) is 5.01 Å². The van der Waals surface area contributed by atoms with Crippen molar-refractivity contribution in [3.8, 4) is 0 Å². The van der Waals surface area contributed by atoms with Crippen LogP contribution in [0.4, 0.5) is 5.13 Å². The topological polar surface area (TPSA) is 64.7 Å². The first-order valence-corrected chi connectivity index (χ1v) is 6.24. The standard InChI is InChI=1S/C8H7ClN4S2/c9-5-1-2-6(11-3-5)14-4-7-12-13-8(10)15-7/h1-3H,4H2,(H2,10,13). The van der Waals surface area contributed by atoms with Gasteiger partial charge in [-0.2, -0.15) is 0 Å². The first-order valence-electron chi connectivity index (χ1n) is 4.06. The quantitative estimate of drug-likeness (QED) is 0.857. The summed E-state index contributed by atoms with van der Waals surface area (Å²) < 4.78 is 0. The van der Waals surface area contributed by atoms with Crippen LogP contribution in [-0.2, 0) is 5.75 Å². The predicted octanol–water partition coefficient (Wildman–Crippen LogP) is 2.46. The van der Waals surface area contributed by atoms with Gasteiger partial charge in [0.15, 0.2) is 0 Å². The Hall–Kier alpha value is -0.850. The summed E-state index contributed by atoms with van der Waals surface area (Å²) >= 11 is 8.69. The smallest absolute Gasteiger partial charge is 0.203 e. The molecule has 0 saturated heterocycles. The summed E-state index contributed by atoms with van der Waals surface area (Å²) in [6, 6.07) is 3.68. The molecule has 0 aliphatic rings. The zero-order valence-electron chi connectivity index (χ0n) is 7.55. The van der Waals surface area contributed by atoms with Crippen LogP contribution in [0.5, 0.6) is 0 Å². The van der Waals surface area contributed by atoms with E-state index >= 15 is 0 Å². The molecule has 2 aromatic heterocycles. The number of rotatable bonds is 3. The van der Waals surface area contributed by atoms with Crippen molar-refractivity contribution in [1.82, 2.24) is 15.2 Å². The summed E-state index contributed by atoms with van der Waals surface area (Å²) in [5, 5.41) is 10.6. The maximum absolute atomic E-state index is 5.72. The van der Waals surface area contributed by atoms with Gasteiger partial charge in [-0.3, -0.25) is 0 Å². The summed E-state index contributed by atoms with van der Waals surface area (Å²) in [6.45, 7) is 0. The molecule has 0 radical (unpaired) electrons. The first-order chi connectivity index (χ1) is 7.24. The lowest BCUT2D eigenvalue weighted by Gasteiger charge is -1.96. The van der Waals surface area contributed by atoms with Crippen LogP contribution >= 0.6 is 34.7 Å². The molecule has 0 saturated carbocycles. The molecule has 15 heavy (non-hydrogen) atoms. The van der Waals surface area contributed by atoms with E-state index < -0.39 is 0 Å². The minimum Gasteiger partial charge on any atom is -0.374 e. The Morgan fingerprint density at radius 2 is 2.27 bits per heavy atom. The van der Waals surface area contributed by atoms with Gasteiger partial charge in [-0.1, -0.05) is 34.7 Å². The fourth-order valence-electron chi connectivity index (χ4n) is 0.908. The number of nitrogen functional groups attached to an aromatic ring is 1. The van der Waals surface area contributed by atoms with Crippen LogP contribution in [0, 0.1) is 0 Å². The first kappa shape index (κ1) is 10.7. The second kappa shape index (κ2) is 4.78. The lowest BCUT2D eigenvalue weighted by Crippen LogP contribution is -1.82. The van der Waals surface area contributed by atoms with Crippen LogP contribution in [0.2, 0.25) is 5.02 Å². The van der Waals surface area contributed by atoms with E-state index in [0.29, 0.717) is 10.2 Å². The highest BCUT2D eigenvalue weighted by molar-refractivity contribution is 7.98. The molecule has 0 atom stereocenters. The van der Waals surface area contributed by atoms with Crippen LogP contribution < -0.4 is 5.73 Å². The van der Waals surface area contributed by atoms with Crippen molar-refractivity contribution in [2.75, 3.05) is 5.73 Å². The second-order valence-electron chi connectivity index (χ2n) is 2.64. The Labute approximate surface area is 99.9 Å². The zero-order chi connectivity index (χ0) is 10.7. The van der Waals surface area contributed by atoms with Crippen LogP contribution in [-0.4, -0.2) is 15.2 Å². The maximum atomic E-state index is 5.72. The van der Waals surface area contributed by atoms with Crippen molar-refractivity contribution < 1.29 is 0 Å². The van der Waals surface area contributed by atoms with Crippen molar-refractivity contribution in [2.24, 2.45) is 0 Å². The molecule has 0 spiro atoms. The Morgan fingerprint density at radius 1 is 1.40 bits per heavy atom. The Bertz CT molecular complexity index is 442. The third-order valence-corrected chi connectivity index (χ3v) is 3.64. The van der Waals surface area contributed by atoms with Gasteiger partial charge < -0.3 is 5.73 Å². The molecule has 7 heteroatoms. The van der Waals surface area contributed by atoms with Gasteiger partial charge in [-0.25, -0.2) is 4.98 Å². The van der Waals surface area contributed by atoms with Crippen molar-refractivity contribution in [2.45, 2.75) is 10.8 Å². The highest BCUT2D eigenvalue weighted by Gasteiger charge is 2.02. The van der Waals surface area contributed by atoms with E-state index in [4.69, 9.17) is 17.3 Å². The van der Waals surface area contributed by atoms with Crippen molar-refractivity contribution >= 4 is 39.8 Å². The lowest BCUT2D eigenvalue weighted by molar-refractivity contribution is 1.04. The SMILES string of the molecule is Nc1nnc(CSc2ccc(Cl)cn2)s1. The number of anilines is 1. The average Bonchev–Trinajstić information content (AvgIpc) is 2.64. The number of pyridine rings is 1. The van der Waals surface area contributed by atoms with Gasteiger partial charge in [-0.05, 0) is 12.1 Å². The van der Waals surface area contributed by atoms with E-state index in [1.807, 2.05) is 12.1 Å². The molecule has 0 bridgehead atoms. The lowest BCUT2D eigenvalue weighted by atomic mass is 10.5. The Balaban J connectivity index is 1.96. The van der Waals surface area contributed by atoms with E-state index in [2.05, 4.69) is 15.2 Å². The Morgan fingerprint density at radius 3 is 2.87 bits per heavy atom. The molecule has 2 N–H and O–H groups in total. The van der Waals surface area contributed by atoms with Gasteiger partial charge in [0.2, 0.25) is 5.13 Å². The minimum atomic E-state index is 0.495. The molecule has 2 rings (SSSR count). The highest BCUT2D eigenvalue weighted by Crippen LogP contribution is 2.23. The van der Waals surface area contributed by atoms with Gasteiger partial charge in [0.05, 0.1) is 15.8 Å². The number of hydrogen-bond acceptors (Lipinski definition) is 6. The monoisotopic (exact) mass is 258 g/mol. The number of nitrogens with zero attached hydrogens (tertiary/aromatic N) is 3. The number of aromatic nitrogens is 3. The van der Waals surface area contributed by atoms with Gasteiger partial charge >= 0.3 is 0 Å². The van der Waals surface area contributed by atoms with Gasteiger partial charge in [-0.15, -0.1) is 10.2 Å². The molecule has 0 aliphatic heterocycles. The van der Waals surface area contributed by atoms with E-state index in [0.717, 1.165) is 15.8 Å². The third-order valence-electron chi connectivity index (χ3n) is 1.53. The average molecular weight is 259 g/mol. The van der Waals surface area contributed by atoms with Crippen molar-refractivity contribution in [3.05, 3.63) is 28.4 Å². The van der Waals surface area contributed by atoms with Crippen LogP contribution in [0.1, 0.15) is 5.01 Å². The van der Waals surface area contributed by atoms with Gasteiger partial charge in [0, 0.05) is 6.20 Å². The summed E-state index contributed by atoms with van der Waals surface area (Å²) in [5.74, 6) is 0.726. The number of nitrogens with two attached hydrogens (primary N) is 1. The molecule has 0 aromatic carbocycles. The number of halogens is 1. The van der Waals surface area contributed by atoms with Crippen LogP contribution in [0.15, 0.2) is 23.4 Å². The molecule has 0 unspecified atom stereocenters. The second-order valence-corrected chi connectivity index (χ2v) is 5.16. The molecule has 2 heterocycles. The zero-order valence-corrected chi connectivity index (χ0v) is 9.94. The normalized spacial score (nSPS) is 10.5. The molecule has 2 aromatic rings. The van der Waals surface area contributed by atoms with Crippen LogP contribution in [0.3, 0.4) is 0 Å². The molecule has 78 valence electrons. The summed E-state index contributed by atoms with van der Waals surface area (Å²) in [5.41, 5.74) is 5.47. The summed E-state index contributed by atoms with van der Waals surface area (Å²) in [7, 11) is 0. The van der Waals surface area contributed by atoms with E-state index in [1.165, 1.54) is 11.3 Å². The van der Waals surface area contributed by atoms with Crippen molar-refractivity contribution in [1.29, 1.82) is 0 Å².